The fourth-order valence-corrected chi connectivity index (χ4v) is 2.91. The van der Waals surface area contributed by atoms with Crippen LogP contribution < -0.4 is 10.6 Å². The number of carbonyl (C=O) groups excluding carboxylic acids is 3. The SMILES string of the molecule is CCC[C@@H](C)NC(=O)COC(=O)c1ccc(NC(=O)C2CC2)s1. The van der Waals surface area contributed by atoms with Gasteiger partial charge in [-0.25, -0.2) is 4.79 Å². The molecule has 2 rings (SSSR count). The van der Waals surface area contributed by atoms with Crippen LogP contribution in [0.4, 0.5) is 5.00 Å². The van der Waals surface area contributed by atoms with Crippen LogP contribution in [0.15, 0.2) is 12.1 Å². The molecule has 6 nitrogen and oxygen atoms in total. The van der Waals surface area contributed by atoms with Crippen LogP contribution in [0, 0.1) is 5.92 Å². The van der Waals surface area contributed by atoms with Crippen molar-refractivity contribution in [2.75, 3.05) is 11.9 Å². The highest BCUT2D eigenvalue weighted by molar-refractivity contribution is 7.18. The van der Waals surface area contributed by atoms with Crippen molar-refractivity contribution < 1.29 is 19.1 Å². The predicted molar refractivity (Wildman–Crippen MR) is 88.5 cm³/mol. The van der Waals surface area contributed by atoms with Crippen molar-refractivity contribution in [2.45, 2.75) is 45.6 Å². The summed E-state index contributed by atoms with van der Waals surface area (Å²) in [6.45, 7) is 3.66. The Morgan fingerprint density at radius 2 is 2.09 bits per heavy atom. The first kappa shape index (κ1) is 17.5. The number of anilines is 1. The summed E-state index contributed by atoms with van der Waals surface area (Å²) in [5.74, 6) is -0.754. The minimum absolute atomic E-state index is 0.00365. The summed E-state index contributed by atoms with van der Waals surface area (Å²) < 4.78 is 4.99. The van der Waals surface area contributed by atoms with E-state index in [4.69, 9.17) is 4.74 Å². The van der Waals surface area contributed by atoms with E-state index in [0.29, 0.717) is 9.88 Å². The van der Waals surface area contributed by atoms with Gasteiger partial charge in [-0.05, 0) is 38.3 Å². The van der Waals surface area contributed by atoms with Crippen molar-refractivity contribution in [3.63, 3.8) is 0 Å². The number of hydrogen-bond donors (Lipinski definition) is 2. The van der Waals surface area contributed by atoms with Crippen LogP contribution in [0.5, 0.6) is 0 Å². The van der Waals surface area contributed by atoms with E-state index in [1.165, 1.54) is 0 Å². The van der Waals surface area contributed by atoms with E-state index in [1.54, 1.807) is 12.1 Å². The molecule has 0 unspecified atom stereocenters. The first-order valence-electron chi connectivity index (χ1n) is 7.86. The molecule has 1 fully saturated rings. The van der Waals surface area contributed by atoms with Gasteiger partial charge in [-0.3, -0.25) is 9.59 Å². The van der Waals surface area contributed by atoms with Gasteiger partial charge in [-0.15, -0.1) is 11.3 Å². The summed E-state index contributed by atoms with van der Waals surface area (Å²) in [6, 6.07) is 3.33. The van der Waals surface area contributed by atoms with Gasteiger partial charge in [0.25, 0.3) is 5.91 Å². The van der Waals surface area contributed by atoms with E-state index in [2.05, 4.69) is 10.6 Å². The monoisotopic (exact) mass is 338 g/mol. The average molecular weight is 338 g/mol. The van der Waals surface area contributed by atoms with Crippen LogP contribution in [0.1, 0.15) is 49.2 Å². The van der Waals surface area contributed by atoms with E-state index in [-0.39, 0.29) is 30.4 Å². The molecule has 0 spiro atoms. The summed E-state index contributed by atoms with van der Waals surface area (Å²) in [5, 5.41) is 6.17. The molecule has 1 saturated carbocycles. The predicted octanol–water partition coefficient (Wildman–Crippen LogP) is 2.56. The lowest BCUT2D eigenvalue weighted by atomic mass is 10.2. The summed E-state index contributed by atoms with van der Waals surface area (Å²) in [4.78, 5) is 35.6. The average Bonchev–Trinajstić information content (AvgIpc) is 3.25. The normalized spacial score (nSPS) is 14.9. The number of esters is 1. The topological polar surface area (TPSA) is 84.5 Å². The van der Waals surface area contributed by atoms with Crippen molar-refractivity contribution in [3.05, 3.63) is 17.0 Å². The standard InChI is InChI=1S/C16H22N2O4S/c1-3-4-10(2)17-13(19)9-22-16(21)12-7-8-14(23-12)18-15(20)11-5-6-11/h7-8,10-11H,3-6,9H2,1-2H3,(H,17,19)(H,18,20)/t10-/m1/s1. The van der Waals surface area contributed by atoms with Crippen LogP contribution in [0.3, 0.4) is 0 Å². The maximum absolute atomic E-state index is 11.9. The lowest BCUT2D eigenvalue weighted by molar-refractivity contribution is -0.124. The van der Waals surface area contributed by atoms with Crippen LogP contribution in [0.25, 0.3) is 0 Å². The first-order chi connectivity index (χ1) is 11.0. The Hall–Kier alpha value is -1.89. The molecule has 0 aromatic carbocycles. The minimum atomic E-state index is -0.555. The van der Waals surface area contributed by atoms with Crippen molar-refractivity contribution in [1.82, 2.24) is 5.32 Å². The Morgan fingerprint density at radius 1 is 1.35 bits per heavy atom. The fourth-order valence-electron chi connectivity index (χ4n) is 2.11. The number of amides is 2. The second kappa shape index (κ2) is 8.10. The molecule has 1 aliphatic carbocycles. The second-order valence-corrected chi connectivity index (χ2v) is 6.84. The molecule has 2 amide bonds. The van der Waals surface area contributed by atoms with Gasteiger partial charge in [0.2, 0.25) is 5.91 Å². The zero-order valence-corrected chi connectivity index (χ0v) is 14.2. The van der Waals surface area contributed by atoms with Gasteiger partial charge in [0, 0.05) is 12.0 Å². The molecule has 126 valence electrons. The molecule has 0 bridgehead atoms. The highest BCUT2D eigenvalue weighted by Crippen LogP contribution is 2.31. The molecule has 1 aliphatic rings. The van der Waals surface area contributed by atoms with Crippen molar-refractivity contribution in [2.24, 2.45) is 5.92 Å². The molecule has 23 heavy (non-hydrogen) atoms. The summed E-state index contributed by atoms with van der Waals surface area (Å²) >= 11 is 1.15. The van der Waals surface area contributed by atoms with Gasteiger partial charge in [-0.1, -0.05) is 13.3 Å². The van der Waals surface area contributed by atoms with Crippen LogP contribution in [0.2, 0.25) is 0 Å². The number of thiophene rings is 1. The Labute approximate surface area is 139 Å². The Balaban J connectivity index is 1.76. The zero-order chi connectivity index (χ0) is 16.8. The van der Waals surface area contributed by atoms with Crippen molar-refractivity contribution in [3.8, 4) is 0 Å². The van der Waals surface area contributed by atoms with Gasteiger partial charge in [0.15, 0.2) is 6.61 Å². The summed E-state index contributed by atoms with van der Waals surface area (Å²) in [7, 11) is 0. The number of hydrogen-bond acceptors (Lipinski definition) is 5. The van der Waals surface area contributed by atoms with Gasteiger partial charge >= 0.3 is 5.97 Å². The van der Waals surface area contributed by atoms with Crippen LogP contribution in [-0.4, -0.2) is 30.4 Å². The van der Waals surface area contributed by atoms with E-state index in [1.807, 2.05) is 13.8 Å². The van der Waals surface area contributed by atoms with Gasteiger partial charge in [0.1, 0.15) is 4.88 Å². The molecule has 1 atom stereocenters. The molecule has 1 aromatic heterocycles. The van der Waals surface area contributed by atoms with E-state index >= 15 is 0 Å². The lowest BCUT2D eigenvalue weighted by Gasteiger charge is -2.12. The molecule has 7 heteroatoms. The van der Waals surface area contributed by atoms with Crippen molar-refractivity contribution >= 4 is 34.1 Å². The van der Waals surface area contributed by atoms with Gasteiger partial charge in [0.05, 0.1) is 5.00 Å². The molecule has 1 heterocycles. The number of rotatable bonds is 8. The number of nitrogens with one attached hydrogen (secondary N) is 2. The minimum Gasteiger partial charge on any atom is -0.451 e. The van der Waals surface area contributed by atoms with Gasteiger partial charge < -0.3 is 15.4 Å². The quantitative estimate of drug-likeness (QED) is 0.714. The maximum atomic E-state index is 11.9. The molecule has 1 aromatic rings. The molecular weight excluding hydrogens is 316 g/mol. The fraction of sp³-hybridized carbons (Fsp3) is 0.562. The smallest absolute Gasteiger partial charge is 0.348 e. The highest BCUT2D eigenvalue weighted by Gasteiger charge is 2.30. The molecule has 2 N–H and O–H groups in total. The second-order valence-electron chi connectivity index (χ2n) is 5.76. The van der Waals surface area contributed by atoms with Crippen LogP contribution >= 0.6 is 11.3 Å². The van der Waals surface area contributed by atoms with Crippen molar-refractivity contribution in [1.29, 1.82) is 0 Å². The van der Waals surface area contributed by atoms with Crippen LogP contribution in [-0.2, 0) is 14.3 Å². The first-order valence-corrected chi connectivity index (χ1v) is 8.68. The number of carbonyl (C=O) groups is 3. The van der Waals surface area contributed by atoms with E-state index in [0.717, 1.165) is 37.0 Å². The molecule has 0 aliphatic heterocycles. The summed E-state index contributed by atoms with van der Waals surface area (Å²) in [6.07, 6.45) is 3.72. The van der Waals surface area contributed by atoms with E-state index < -0.39 is 5.97 Å². The third-order valence-corrected chi connectivity index (χ3v) is 4.45. The lowest BCUT2D eigenvalue weighted by Crippen LogP contribution is -2.35. The third-order valence-electron chi connectivity index (χ3n) is 3.47. The third kappa shape index (κ3) is 5.67. The van der Waals surface area contributed by atoms with E-state index in [9.17, 15) is 14.4 Å². The maximum Gasteiger partial charge on any atom is 0.348 e. The largest absolute Gasteiger partial charge is 0.451 e. The molecule has 0 radical (unpaired) electrons. The molecular formula is C16H22N2O4S. The Bertz CT molecular complexity index is 580. The molecule has 0 saturated heterocycles. The summed E-state index contributed by atoms with van der Waals surface area (Å²) in [5.41, 5.74) is 0. The number of ether oxygens (including phenoxy) is 1. The Morgan fingerprint density at radius 3 is 2.74 bits per heavy atom. The Kier molecular flexibility index (Phi) is 6.15. The highest BCUT2D eigenvalue weighted by atomic mass is 32.1. The van der Waals surface area contributed by atoms with Gasteiger partial charge in [-0.2, -0.15) is 0 Å². The zero-order valence-electron chi connectivity index (χ0n) is 13.4.